The number of nitrogens with zero attached hydrogens (tertiary/aromatic N) is 5. The first-order valence-electron chi connectivity index (χ1n) is 24.2. The van der Waals surface area contributed by atoms with E-state index in [2.05, 4.69) is 85.0 Å². The van der Waals surface area contributed by atoms with Crippen molar-refractivity contribution in [1.29, 1.82) is 0 Å². The third kappa shape index (κ3) is 16.8. The van der Waals surface area contributed by atoms with Crippen LogP contribution in [0.4, 0.5) is 0 Å². The van der Waals surface area contributed by atoms with Crippen LogP contribution in [0.25, 0.3) is 0 Å². The quantitative estimate of drug-likeness (QED) is 0.0157. The molecule has 0 radical (unpaired) electrons. The van der Waals surface area contributed by atoms with Crippen molar-refractivity contribution >= 4 is 41.2 Å². The minimum absolute atomic E-state index is 0.262. The summed E-state index contributed by atoms with van der Waals surface area (Å²) < 4.78 is 13.0. The van der Waals surface area contributed by atoms with Crippen LogP contribution in [0, 0.1) is 10.1 Å². The van der Waals surface area contributed by atoms with Gasteiger partial charge >= 0.3 is 11.9 Å². The van der Waals surface area contributed by atoms with Crippen molar-refractivity contribution in [3.8, 4) is 0 Å². The summed E-state index contributed by atoms with van der Waals surface area (Å²) in [5.41, 5.74) is 3.79. The second-order valence-corrected chi connectivity index (χ2v) is 18.8. The Morgan fingerprint density at radius 2 is 1.60 bits per heavy atom. The molecule has 4 aromatic carbocycles. The van der Waals surface area contributed by atoms with E-state index in [1.165, 1.54) is 4.90 Å². The molecule has 3 heterocycles. The van der Waals surface area contributed by atoms with Crippen molar-refractivity contribution < 1.29 is 33.6 Å². The van der Waals surface area contributed by atoms with Gasteiger partial charge < -0.3 is 39.3 Å². The number of aromatic nitrogens is 2. The summed E-state index contributed by atoms with van der Waals surface area (Å²) in [5.74, 6) is 2.26. The Morgan fingerprint density at radius 1 is 0.973 bits per heavy atom. The van der Waals surface area contributed by atoms with Crippen LogP contribution >= 0.6 is 23.4 Å². The third-order valence-corrected chi connectivity index (χ3v) is 13.1. The van der Waals surface area contributed by atoms with Gasteiger partial charge in [-0.2, -0.15) is 11.8 Å². The fourth-order valence-corrected chi connectivity index (χ4v) is 9.51. The highest BCUT2D eigenvalue weighted by atomic mass is 35.5. The van der Waals surface area contributed by atoms with Crippen LogP contribution in [-0.2, 0) is 43.4 Å². The molecular weight excluding hydrogens is 968 g/mol. The maximum Gasteiger partial charge on any atom is 0.326 e. The zero-order valence-electron chi connectivity index (χ0n) is 42.1. The van der Waals surface area contributed by atoms with Gasteiger partial charge in [-0.25, -0.2) is 9.78 Å². The lowest BCUT2D eigenvalue weighted by atomic mass is 9.76. The Morgan fingerprint density at radius 3 is 2.18 bits per heavy atom. The number of halogens is 1. The minimum atomic E-state index is -0.987. The monoisotopic (exact) mass is 1030 g/mol. The number of ether oxygens (including phenoxy) is 1. The predicted molar refractivity (Wildman–Crippen MR) is 286 cm³/mol. The molecule has 1 aliphatic rings. The van der Waals surface area contributed by atoms with Crippen molar-refractivity contribution in [1.82, 2.24) is 35.3 Å². The molecule has 6 aromatic rings. The van der Waals surface area contributed by atoms with Gasteiger partial charge in [-0.1, -0.05) is 121 Å². The van der Waals surface area contributed by atoms with Crippen LogP contribution in [0.3, 0.4) is 0 Å². The number of aryl methyl sites for hydroxylation is 1. The molecule has 4 N–H and O–H groups in total. The number of thioether (sulfide) groups is 1. The van der Waals surface area contributed by atoms with Crippen LogP contribution in [-0.4, -0.2) is 112 Å². The van der Waals surface area contributed by atoms with Crippen molar-refractivity contribution in [3.05, 3.63) is 207 Å². The maximum absolute atomic E-state index is 12.7. The van der Waals surface area contributed by atoms with Gasteiger partial charge in [0.2, 0.25) is 5.91 Å². The fourth-order valence-electron chi connectivity index (χ4n) is 8.49. The molecule has 18 heteroatoms. The normalized spacial score (nSPS) is 14.2. The molecule has 3 atom stereocenters. The summed E-state index contributed by atoms with van der Waals surface area (Å²) >= 11 is 8.41. The highest BCUT2D eigenvalue weighted by molar-refractivity contribution is 7.98. The highest BCUT2D eigenvalue weighted by Crippen LogP contribution is 2.43. The lowest BCUT2D eigenvalue weighted by Gasteiger charge is -2.37. The van der Waals surface area contributed by atoms with E-state index in [-0.39, 0.29) is 12.5 Å². The van der Waals surface area contributed by atoms with Crippen LogP contribution in [0.1, 0.15) is 66.9 Å². The van der Waals surface area contributed by atoms with E-state index in [9.17, 15) is 29.6 Å². The van der Waals surface area contributed by atoms with Gasteiger partial charge in [-0.3, -0.25) is 25.0 Å². The summed E-state index contributed by atoms with van der Waals surface area (Å²) in [6, 6.07) is 40.5. The number of furan rings is 1. The Hall–Kier alpha value is -6.92. The Balaban J connectivity index is 0.000000205. The molecular formula is C55H67ClN8O8S. The molecule has 1 aliphatic heterocycles. The number of hydrogen-bond donors (Lipinski definition) is 4. The number of nitrogens with one attached hydrogen (secondary N) is 3. The van der Waals surface area contributed by atoms with E-state index >= 15 is 0 Å². The summed E-state index contributed by atoms with van der Waals surface area (Å²) in [7, 11) is 5.64. The van der Waals surface area contributed by atoms with Crippen molar-refractivity contribution in [2.24, 2.45) is 0 Å². The molecule has 0 spiro atoms. The second-order valence-electron chi connectivity index (χ2n) is 17.3. The highest BCUT2D eigenvalue weighted by Gasteiger charge is 2.40. The molecule has 16 nitrogen and oxygen atoms in total. The smallest absolute Gasteiger partial charge is 0.326 e. The van der Waals surface area contributed by atoms with Crippen LogP contribution in [0.15, 0.2) is 163 Å². The van der Waals surface area contributed by atoms with Crippen LogP contribution in [0.2, 0.25) is 5.02 Å². The van der Waals surface area contributed by atoms with Gasteiger partial charge in [-0.05, 0) is 88.5 Å². The Bertz CT molecular complexity index is 2600. The van der Waals surface area contributed by atoms with E-state index in [1.54, 1.807) is 38.9 Å². The number of nitro groups is 1. The number of benzene rings is 4. The van der Waals surface area contributed by atoms with E-state index < -0.39 is 40.5 Å². The molecule has 0 bridgehead atoms. The summed E-state index contributed by atoms with van der Waals surface area (Å²) in [4.78, 5) is 54.0. The van der Waals surface area contributed by atoms with Crippen LogP contribution < -0.4 is 16.0 Å². The summed E-state index contributed by atoms with van der Waals surface area (Å²) in [6.45, 7) is 5.53. The molecule has 1 fully saturated rings. The van der Waals surface area contributed by atoms with Crippen molar-refractivity contribution in [3.63, 3.8) is 0 Å². The fraction of sp³-hybridized carbons (Fsp3) is 0.345. The molecule has 7 rings (SSSR count). The first-order chi connectivity index (χ1) is 35.3. The predicted octanol–water partition coefficient (Wildman–Crippen LogP) is 8.44. The first kappa shape index (κ1) is 57.0. The van der Waals surface area contributed by atoms with Gasteiger partial charge in [0.1, 0.15) is 29.1 Å². The summed E-state index contributed by atoms with van der Waals surface area (Å²) in [5, 5.41) is 29.1. The minimum Gasteiger partial charge on any atom is -0.480 e. The molecule has 73 heavy (non-hydrogen) atoms. The van der Waals surface area contributed by atoms with Crippen LogP contribution in [0.5, 0.6) is 0 Å². The van der Waals surface area contributed by atoms with Crippen molar-refractivity contribution in [2.75, 3.05) is 46.6 Å². The number of carboxylic acid groups (broad SMARTS) is 1. The molecule has 0 unspecified atom stereocenters. The molecule has 1 saturated heterocycles. The average Bonchev–Trinajstić information content (AvgIpc) is 4.21. The zero-order chi connectivity index (χ0) is 52.6. The number of carbonyl (C=O) groups excluding carboxylic acids is 2. The van der Waals surface area contributed by atoms with E-state index in [0.717, 1.165) is 63.0 Å². The number of carboxylic acids is 1. The largest absolute Gasteiger partial charge is 0.480 e. The molecule has 0 saturated carbocycles. The zero-order valence-corrected chi connectivity index (χ0v) is 43.6. The number of imidazole rings is 1. The standard InChI is InChI=1S/C22H17ClN2.C20H28N2O5.C13H22N4O3S/c23-21-14-8-7-13-20(21)22(25-16-15-24-17-25,18-9-3-1-4-10-18)19-11-5-2-6-12-19;1-3-27-20(26)16(12-11-15-8-5-4-6-9-15)21-14(2)18(23)22-13-7-10-17(22)19(24)25;1-14-13(9-17(18)19)15-6-7-21-10-12-5-4-11(20-12)8-16(2)3/h1-17H;4-6,8-9,14,16-17,21H,3,7,10-13H2,1-2H3,(H,24,25);4-5,9,14-15H,6-8,10H2,1-3H3/b;;13-9-/t;14-,16-,17-;/m.0./s1. The lowest BCUT2D eigenvalue weighted by Crippen LogP contribution is -2.53. The van der Waals surface area contributed by atoms with E-state index in [4.69, 9.17) is 20.8 Å². The number of esters is 1. The van der Waals surface area contributed by atoms with Crippen molar-refractivity contribution in [2.45, 2.75) is 75.5 Å². The van der Waals surface area contributed by atoms with Gasteiger partial charge in [0.05, 0.1) is 36.2 Å². The number of hydrogen-bond acceptors (Lipinski definition) is 13. The topological polar surface area (TPSA) is 197 Å². The Labute approximate surface area is 437 Å². The SMILES string of the molecule is CCOC(=O)[C@H](CCc1ccccc1)N[C@@H](C)C(=O)N1CCC[C@H]1C(=O)O.CN/C(=C/[N+](=O)[O-])NCCSCc1ccc(CN(C)C)o1.Clc1ccccc1C(c1ccccc1)(c1ccccc1)n1ccnc1. The van der Waals surface area contributed by atoms with Gasteiger partial charge in [-0.15, -0.1) is 0 Å². The molecule has 0 aliphatic carbocycles. The summed E-state index contributed by atoms with van der Waals surface area (Å²) in [6.07, 6.45) is 8.85. The number of likely N-dealkylation sites (tertiary alicyclic amines) is 1. The average molecular weight is 1040 g/mol. The number of amides is 1. The Kier molecular flexibility index (Phi) is 23.1. The van der Waals surface area contributed by atoms with Gasteiger partial charge in [0.25, 0.3) is 6.20 Å². The van der Waals surface area contributed by atoms with Gasteiger partial charge in [0, 0.05) is 48.9 Å². The second kappa shape index (κ2) is 29.6. The molecule has 1 amide bonds. The third-order valence-electron chi connectivity index (χ3n) is 11.8. The number of carbonyl (C=O) groups is 3. The van der Waals surface area contributed by atoms with Gasteiger partial charge in [0.15, 0.2) is 5.82 Å². The molecule has 388 valence electrons. The number of rotatable bonds is 23. The van der Waals surface area contributed by atoms with E-state index in [0.29, 0.717) is 44.6 Å². The lowest BCUT2D eigenvalue weighted by molar-refractivity contribution is -0.404. The maximum atomic E-state index is 12.7. The number of aliphatic carboxylic acids is 1. The molecule has 2 aromatic heterocycles. The van der Waals surface area contributed by atoms with E-state index in [1.807, 2.05) is 99.4 Å². The first-order valence-corrected chi connectivity index (χ1v) is 25.7.